The molecule has 102 valence electrons. The third kappa shape index (κ3) is 2.07. The predicted molar refractivity (Wildman–Crippen MR) is 75.9 cm³/mol. The fourth-order valence-corrected chi connectivity index (χ4v) is 2.04. The molecule has 3 heterocycles. The van der Waals surface area contributed by atoms with E-state index < -0.39 is 0 Å². The van der Waals surface area contributed by atoms with Crippen molar-refractivity contribution in [2.75, 3.05) is 11.9 Å². The molecule has 0 unspecified atom stereocenters. The monoisotopic (exact) mass is 269 g/mol. The van der Waals surface area contributed by atoms with E-state index in [0.29, 0.717) is 11.6 Å². The summed E-state index contributed by atoms with van der Waals surface area (Å²) in [5.74, 6) is 2.20. The van der Waals surface area contributed by atoms with Crippen LogP contribution in [0.1, 0.15) is 18.4 Å². The van der Waals surface area contributed by atoms with Crippen LogP contribution < -0.4 is 5.32 Å². The molecule has 3 rings (SSSR count). The summed E-state index contributed by atoms with van der Waals surface area (Å²) in [6, 6.07) is 1.87. The SMILES string of the molecule is CCNc1nc(C)nc2c1cnn2-c1cc(C)ncn1. The first-order chi connectivity index (χ1) is 9.69. The summed E-state index contributed by atoms with van der Waals surface area (Å²) in [5, 5.41) is 8.49. The van der Waals surface area contributed by atoms with Gasteiger partial charge in [-0.05, 0) is 20.8 Å². The maximum Gasteiger partial charge on any atom is 0.170 e. The molecule has 0 spiro atoms. The zero-order chi connectivity index (χ0) is 14.1. The second-order valence-electron chi connectivity index (χ2n) is 4.46. The number of aryl methyl sites for hydroxylation is 2. The van der Waals surface area contributed by atoms with E-state index in [1.54, 1.807) is 10.9 Å². The Hall–Kier alpha value is -2.57. The van der Waals surface area contributed by atoms with Crippen molar-refractivity contribution < 1.29 is 0 Å². The van der Waals surface area contributed by atoms with Crippen LogP contribution in [-0.2, 0) is 0 Å². The molecular formula is C13H15N7. The average Bonchev–Trinajstić information content (AvgIpc) is 2.82. The molecule has 7 nitrogen and oxygen atoms in total. The van der Waals surface area contributed by atoms with E-state index in [0.717, 1.165) is 29.1 Å². The van der Waals surface area contributed by atoms with Crippen molar-refractivity contribution in [3.05, 3.63) is 30.1 Å². The Labute approximate surface area is 116 Å². The lowest BCUT2D eigenvalue weighted by Gasteiger charge is -2.06. The van der Waals surface area contributed by atoms with Crippen LogP contribution in [0.3, 0.4) is 0 Å². The molecule has 0 fully saturated rings. The molecule has 0 saturated heterocycles. The van der Waals surface area contributed by atoms with Crippen LogP contribution in [0.5, 0.6) is 0 Å². The number of aromatic nitrogens is 6. The van der Waals surface area contributed by atoms with Gasteiger partial charge in [-0.1, -0.05) is 0 Å². The van der Waals surface area contributed by atoms with Crippen molar-refractivity contribution in [3.63, 3.8) is 0 Å². The van der Waals surface area contributed by atoms with Gasteiger partial charge in [-0.25, -0.2) is 19.9 Å². The summed E-state index contributed by atoms with van der Waals surface area (Å²) in [7, 11) is 0. The van der Waals surface area contributed by atoms with Gasteiger partial charge >= 0.3 is 0 Å². The Morgan fingerprint density at radius 2 is 2.05 bits per heavy atom. The third-order valence-corrected chi connectivity index (χ3v) is 2.89. The number of nitrogens with one attached hydrogen (secondary N) is 1. The van der Waals surface area contributed by atoms with Gasteiger partial charge in [0.05, 0.1) is 11.6 Å². The van der Waals surface area contributed by atoms with Gasteiger partial charge in [0.1, 0.15) is 18.0 Å². The largest absolute Gasteiger partial charge is 0.370 e. The van der Waals surface area contributed by atoms with Gasteiger partial charge in [0.15, 0.2) is 11.5 Å². The second-order valence-corrected chi connectivity index (χ2v) is 4.46. The van der Waals surface area contributed by atoms with Gasteiger partial charge in [-0.15, -0.1) is 0 Å². The molecule has 0 bridgehead atoms. The van der Waals surface area contributed by atoms with Crippen LogP contribution in [0.15, 0.2) is 18.6 Å². The standard InChI is InChI=1S/C13H15N7/c1-4-14-12-10-6-17-20(13(10)19-9(3)18-12)11-5-8(2)15-7-16-11/h5-7H,4H2,1-3H3,(H,14,18,19). The van der Waals surface area contributed by atoms with Crippen LogP contribution in [-0.4, -0.2) is 36.3 Å². The molecule has 0 aliphatic rings. The highest BCUT2D eigenvalue weighted by Crippen LogP contribution is 2.21. The highest BCUT2D eigenvalue weighted by atomic mass is 15.3. The molecule has 1 N–H and O–H groups in total. The number of fused-ring (bicyclic) bond motifs is 1. The number of hydrogen-bond donors (Lipinski definition) is 1. The van der Waals surface area contributed by atoms with Crippen molar-refractivity contribution >= 4 is 16.9 Å². The molecule has 0 aromatic carbocycles. The van der Waals surface area contributed by atoms with E-state index in [9.17, 15) is 0 Å². The lowest BCUT2D eigenvalue weighted by Crippen LogP contribution is -2.05. The van der Waals surface area contributed by atoms with Gasteiger partial charge in [0.25, 0.3) is 0 Å². The number of hydrogen-bond acceptors (Lipinski definition) is 6. The summed E-state index contributed by atoms with van der Waals surface area (Å²) in [5.41, 5.74) is 1.63. The lowest BCUT2D eigenvalue weighted by molar-refractivity contribution is 0.845. The van der Waals surface area contributed by atoms with Crippen LogP contribution in [0.2, 0.25) is 0 Å². The van der Waals surface area contributed by atoms with E-state index in [1.807, 2.05) is 26.8 Å². The second kappa shape index (κ2) is 4.84. The molecule has 3 aromatic heterocycles. The molecule has 7 heteroatoms. The first-order valence-corrected chi connectivity index (χ1v) is 6.44. The molecule has 0 saturated carbocycles. The van der Waals surface area contributed by atoms with Gasteiger partial charge in [-0.2, -0.15) is 9.78 Å². The Balaban J connectivity index is 2.23. The molecule has 20 heavy (non-hydrogen) atoms. The van der Waals surface area contributed by atoms with Gasteiger partial charge in [-0.3, -0.25) is 0 Å². The zero-order valence-corrected chi connectivity index (χ0v) is 11.6. The minimum atomic E-state index is 0.695. The Morgan fingerprint density at radius 1 is 1.20 bits per heavy atom. The Kier molecular flexibility index (Phi) is 3.02. The Morgan fingerprint density at radius 3 is 2.80 bits per heavy atom. The number of rotatable bonds is 3. The molecule has 3 aromatic rings. The quantitative estimate of drug-likeness (QED) is 0.778. The molecule has 0 aliphatic heterocycles. The normalized spacial score (nSPS) is 10.9. The summed E-state index contributed by atoms with van der Waals surface area (Å²) < 4.78 is 1.71. The molecule has 0 atom stereocenters. The fraction of sp³-hybridized carbons (Fsp3) is 0.308. The first kappa shape index (κ1) is 12.5. The van der Waals surface area contributed by atoms with E-state index in [-0.39, 0.29) is 0 Å². The first-order valence-electron chi connectivity index (χ1n) is 6.44. The van der Waals surface area contributed by atoms with Gasteiger partial charge in [0, 0.05) is 18.3 Å². The summed E-state index contributed by atoms with van der Waals surface area (Å²) >= 11 is 0. The minimum absolute atomic E-state index is 0.695. The van der Waals surface area contributed by atoms with Crippen molar-refractivity contribution in [2.24, 2.45) is 0 Å². The van der Waals surface area contributed by atoms with E-state index in [4.69, 9.17) is 0 Å². The Bertz CT molecular complexity index is 763. The summed E-state index contributed by atoms with van der Waals surface area (Å²) in [4.78, 5) is 17.2. The maximum absolute atomic E-state index is 4.47. The van der Waals surface area contributed by atoms with Crippen molar-refractivity contribution in [3.8, 4) is 5.82 Å². The van der Waals surface area contributed by atoms with Gasteiger partial charge < -0.3 is 5.32 Å². The molecule has 0 aliphatic carbocycles. The van der Waals surface area contributed by atoms with E-state index in [1.165, 1.54) is 6.33 Å². The van der Waals surface area contributed by atoms with Crippen molar-refractivity contribution in [2.45, 2.75) is 20.8 Å². The maximum atomic E-state index is 4.47. The molecule has 0 radical (unpaired) electrons. The summed E-state index contributed by atoms with van der Waals surface area (Å²) in [6.07, 6.45) is 3.28. The van der Waals surface area contributed by atoms with Crippen LogP contribution in [0.4, 0.5) is 5.82 Å². The lowest BCUT2D eigenvalue weighted by atomic mass is 10.3. The topological polar surface area (TPSA) is 81.4 Å². The van der Waals surface area contributed by atoms with Crippen LogP contribution >= 0.6 is 0 Å². The highest BCUT2D eigenvalue weighted by molar-refractivity contribution is 5.87. The van der Waals surface area contributed by atoms with Crippen molar-refractivity contribution in [1.29, 1.82) is 0 Å². The van der Waals surface area contributed by atoms with Gasteiger partial charge in [0.2, 0.25) is 0 Å². The van der Waals surface area contributed by atoms with Crippen molar-refractivity contribution in [1.82, 2.24) is 29.7 Å². The highest BCUT2D eigenvalue weighted by Gasteiger charge is 2.13. The predicted octanol–water partition coefficient (Wildman–Crippen LogP) is 1.65. The molecule has 0 amide bonds. The van der Waals surface area contributed by atoms with Crippen LogP contribution in [0.25, 0.3) is 16.9 Å². The number of nitrogens with zero attached hydrogens (tertiary/aromatic N) is 6. The smallest absolute Gasteiger partial charge is 0.170 e. The third-order valence-electron chi connectivity index (χ3n) is 2.89. The number of anilines is 1. The van der Waals surface area contributed by atoms with E-state index in [2.05, 4.69) is 30.4 Å². The molecular weight excluding hydrogens is 254 g/mol. The van der Waals surface area contributed by atoms with E-state index >= 15 is 0 Å². The summed E-state index contributed by atoms with van der Waals surface area (Å²) in [6.45, 7) is 6.61. The fourth-order valence-electron chi connectivity index (χ4n) is 2.04. The minimum Gasteiger partial charge on any atom is -0.370 e. The van der Waals surface area contributed by atoms with Crippen LogP contribution in [0, 0.1) is 13.8 Å². The zero-order valence-electron chi connectivity index (χ0n) is 11.6. The average molecular weight is 269 g/mol.